The Morgan fingerprint density at radius 3 is 2.62 bits per heavy atom. The summed E-state index contributed by atoms with van der Waals surface area (Å²) in [5, 5.41) is 0. The molecule has 8 heavy (non-hydrogen) atoms. The van der Waals surface area contributed by atoms with Gasteiger partial charge in [0.1, 0.15) is 0 Å². The largest absolute Gasteiger partial charge is 0.275 e. The second-order valence-corrected chi connectivity index (χ2v) is 3.42. The number of carbonyl (C=O) groups is 1. The van der Waals surface area contributed by atoms with Crippen LogP contribution in [0.2, 0.25) is 0 Å². The Balaban J connectivity index is 2.82. The highest BCUT2D eigenvalue weighted by Gasteiger charge is 1.91. The molecule has 0 N–H and O–H groups in total. The Labute approximate surface area is 64.4 Å². The number of hydrogen-bond acceptors (Lipinski definition) is 3. The SMILES string of the molecule is O=C(S)SCCCS. The first-order chi connectivity index (χ1) is 3.77. The van der Waals surface area contributed by atoms with Gasteiger partial charge in [-0.05, 0) is 12.2 Å². The Kier molecular flexibility index (Phi) is 6.38. The molecule has 0 saturated heterocycles. The van der Waals surface area contributed by atoms with Crippen LogP contribution in [0.3, 0.4) is 0 Å². The van der Waals surface area contributed by atoms with E-state index in [0.717, 1.165) is 17.9 Å². The lowest BCUT2D eigenvalue weighted by Crippen LogP contribution is -1.82. The molecule has 48 valence electrons. The first-order valence-electron chi connectivity index (χ1n) is 2.24. The van der Waals surface area contributed by atoms with E-state index in [-0.39, 0.29) is 4.45 Å². The van der Waals surface area contributed by atoms with E-state index >= 15 is 0 Å². The molecule has 0 aliphatic rings. The van der Waals surface area contributed by atoms with E-state index in [0.29, 0.717) is 0 Å². The molecule has 0 heterocycles. The van der Waals surface area contributed by atoms with Crippen LogP contribution in [-0.2, 0) is 0 Å². The van der Waals surface area contributed by atoms with E-state index in [1.807, 2.05) is 0 Å². The summed E-state index contributed by atoms with van der Waals surface area (Å²) in [6.07, 6.45) is 0.972. The maximum Gasteiger partial charge on any atom is 0.243 e. The van der Waals surface area contributed by atoms with Gasteiger partial charge in [-0.15, -0.1) is 0 Å². The molecule has 1 nitrogen and oxygen atoms in total. The zero-order valence-corrected chi connectivity index (χ0v) is 6.94. The lowest BCUT2D eigenvalue weighted by atomic mass is 10.6. The second kappa shape index (κ2) is 5.85. The molecule has 0 spiro atoms. The average molecular weight is 168 g/mol. The van der Waals surface area contributed by atoms with Crippen LogP contribution in [0, 0.1) is 0 Å². The molecule has 0 aliphatic heterocycles. The predicted octanol–water partition coefficient (Wildman–Crippen LogP) is 2.09. The summed E-state index contributed by atoms with van der Waals surface area (Å²) in [4.78, 5) is 10.1. The minimum absolute atomic E-state index is 0.105. The fraction of sp³-hybridized carbons (Fsp3) is 0.750. The van der Waals surface area contributed by atoms with Gasteiger partial charge in [-0.25, -0.2) is 0 Å². The predicted molar refractivity (Wildman–Crippen MR) is 45.3 cm³/mol. The van der Waals surface area contributed by atoms with Gasteiger partial charge in [0.15, 0.2) is 0 Å². The van der Waals surface area contributed by atoms with Gasteiger partial charge in [0, 0.05) is 5.75 Å². The summed E-state index contributed by atoms with van der Waals surface area (Å²) in [6, 6.07) is 0. The van der Waals surface area contributed by atoms with Gasteiger partial charge in [-0.2, -0.15) is 12.6 Å². The van der Waals surface area contributed by atoms with Crippen molar-refractivity contribution < 1.29 is 4.79 Å². The number of thioether (sulfide) groups is 1. The molecular weight excluding hydrogens is 160 g/mol. The molecule has 0 saturated carbocycles. The molecule has 0 aromatic rings. The molecule has 0 atom stereocenters. The zero-order valence-electron chi connectivity index (χ0n) is 4.33. The molecule has 0 bridgehead atoms. The third-order valence-corrected chi connectivity index (χ3v) is 1.97. The zero-order chi connectivity index (χ0) is 6.41. The molecule has 0 radical (unpaired) electrons. The summed E-state index contributed by atoms with van der Waals surface area (Å²) >= 11 is 8.78. The molecule has 0 fully saturated rings. The number of rotatable bonds is 3. The van der Waals surface area contributed by atoms with Gasteiger partial charge in [0.2, 0.25) is 4.45 Å². The van der Waals surface area contributed by atoms with Crippen LogP contribution in [0.1, 0.15) is 6.42 Å². The quantitative estimate of drug-likeness (QED) is 0.496. The Bertz CT molecular complexity index is 73.7. The lowest BCUT2D eigenvalue weighted by molar-refractivity contribution is 0.277. The number of carbonyl (C=O) groups excluding carboxylic acids is 1. The van der Waals surface area contributed by atoms with Crippen LogP contribution in [0.15, 0.2) is 0 Å². The van der Waals surface area contributed by atoms with Crippen molar-refractivity contribution in [3.63, 3.8) is 0 Å². The van der Waals surface area contributed by atoms with Gasteiger partial charge in [0.25, 0.3) is 0 Å². The van der Waals surface area contributed by atoms with Crippen molar-refractivity contribution in [1.82, 2.24) is 0 Å². The highest BCUT2D eigenvalue weighted by Crippen LogP contribution is 2.07. The molecule has 4 heteroatoms. The minimum atomic E-state index is -0.105. The molecule has 0 aliphatic carbocycles. The summed E-state index contributed by atoms with van der Waals surface area (Å²) in [6.45, 7) is 0. The molecule has 0 rings (SSSR count). The Morgan fingerprint density at radius 2 is 2.25 bits per heavy atom. The summed E-state index contributed by atoms with van der Waals surface area (Å²) < 4.78 is -0.105. The molecule has 0 unspecified atom stereocenters. The third-order valence-electron chi connectivity index (χ3n) is 0.528. The Morgan fingerprint density at radius 1 is 1.62 bits per heavy atom. The van der Waals surface area contributed by atoms with Crippen LogP contribution in [0.4, 0.5) is 4.79 Å². The van der Waals surface area contributed by atoms with E-state index in [1.165, 1.54) is 11.8 Å². The van der Waals surface area contributed by atoms with Crippen molar-refractivity contribution >= 4 is 41.5 Å². The minimum Gasteiger partial charge on any atom is -0.275 e. The van der Waals surface area contributed by atoms with Crippen molar-refractivity contribution in [3.8, 4) is 0 Å². The van der Waals surface area contributed by atoms with E-state index in [1.54, 1.807) is 0 Å². The van der Waals surface area contributed by atoms with Crippen molar-refractivity contribution in [2.24, 2.45) is 0 Å². The standard InChI is InChI=1S/C4H8OS3/c5-4(7)8-3-1-2-6/h6H,1-3H2,(H,5,7). The van der Waals surface area contributed by atoms with Crippen LogP contribution in [0.5, 0.6) is 0 Å². The Hall–Kier alpha value is 0.720. The van der Waals surface area contributed by atoms with Gasteiger partial charge in [-0.3, -0.25) is 4.79 Å². The van der Waals surface area contributed by atoms with Crippen LogP contribution >= 0.6 is 37.0 Å². The normalized spacial score (nSPS) is 9.25. The first-order valence-corrected chi connectivity index (χ1v) is 4.30. The summed E-state index contributed by atoms with van der Waals surface area (Å²) in [5.74, 6) is 1.68. The van der Waals surface area contributed by atoms with E-state index in [4.69, 9.17) is 0 Å². The average Bonchev–Trinajstić information content (AvgIpc) is 1.66. The summed E-state index contributed by atoms with van der Waals surface area (Å²) in [5.41, 5.74) is 0. The smallest absolute Gasteiger partial charge is 0.243 e. The van der Waals surface area contributed by atoms with E-state index in [2.05, 4.69) is 25.3 Å². The second-order valence-electron chi connectivity index (χ2n) is 1.19. The van der Waals surface area contributed by atoms with Crippen LogP contribution in [-0.4, -0.2) is 16.0 Å². The first kappa shape index (κ1) is 8.72. The maximum absolute atomic E-state index is 10.1. The highest BCUT2D eigenvalue weighted by molar-refractivity contribution is 8.32. The van der Waals surface area contributed by atoms with Crippen molar-refractivity contribution in [3.05, 3.63) is 0 Å². The third kappa shape index (κ3) is 6.72. The van der Waals surface area contributed by atoms with Gasteiger partial charge < -0.3 is 0 Å². The van der Waals surface area contributed by atoms with Gasteiger partial charge in [-0.1, -0.05) is 24.4 Å². The summed E-state index contributed by atoms with van der Waals surface area (Å²) in [7, 11) is 0. The van der Waals surface area contributed by atoms with Crippen molar-refractivity contribution in [2.75, 3.05) is 11.5 Å². The number of hydrogen-bond donors (Lipinski definition) is 2. The molecular formula is C4H8OS3. The topological polar surface area (TPSA) is 17.1 Å². The van der Waals surface area contributed by atoms with Crippen LogP contribution in [0.25, 0.3) is 0 Å². The monoisotopic (exact) mass is 168 g/mol. The fourth-order valence-electron chi connectivity index (χ4n) is 0.224. The van der Waals surface area contributed by atoms with Gasteiger partial charge in [0.05, 0.1) is 0 Å². The van der Waals surface area contributed by atoms with E-state index in [9.17, 15) is 4.79 Å². The lowest BCUT2D eigenvalue weighted by Gasteiger charge is -1.89. The van der Waals surface area contributed by atoms with Crippen molar-refractivity contribution in [2.45, 2.75) is 6.42 Å². The molecule has 0 aromatic carbocycles. The van der Waals surface area contributed by atoms with Gasteiger partial charge >= 0.3 is 0 Å². The van der Waals surface area contributed by atoms with Crippen LogP contribution < -0.4 is 0 Å². The van der Waals surface area contributed by atoms with E-state index < -0.39 is 0 Å². The highest BCUT2D eigenvalue weighted by atomic mass is 32.2. The molecule has 0 aromatic heterocycles. The molecule has 0 amide bonds. The maximum atomic E-state index is 10.1. The number of thiol groups is 2. The van der Waals surface area contributed by atoms with Crippen molar-refractivity contribution in [1.29, 1.82) is 0 Å². The fourth-order valence-corrected chi connectivity index (χ4v) is 1.33.